The monoisotopic (exact) mass is 554 g/mol. The molecule has 1 fully saturated rings. The van der Waals surface area contributed by atoms with Crippen molar-refractivity contribution in [2.24, 2.45) is 0 Å². The van der Waals surface area contributed by atoms with Gasteiger partial charge < -0.3 is 19.0 Å². The number of aromatic nitrogens is 5. The number of methoxy groups -OCH3 is 1. The van der Waals surface area contributed by atoms with E-state index in [0.717, 1.165) is 45.3 Å². The summed E-state index contributed by atoms with van der Waals surface area (Å²) in [5.41, 5.74) is 1.89. The SMILES string of the molecule is COc1cccc(NCc2nnc(SCc3nnc(-c4ccc(Br)cc4)o3)n2C2CCCCC2)c1. The van der Waals surface area contributed by atoms with E-state index in [1.54, 1.807) is 18.9 Å². The topological polar surface area (TPSA) is 90.9 Å². The molecule has 4 aromatic rings. The average molecular weight is 556 g/mol. The minimum atomic E-state index is 0.407. The summed E-state index contributed by atoms with van der Waals surface area (Å²) >= 11 is 5.04. The maximum absolute atomic E-state index is 5.91. The molecule has 0 bridgehead atoms. The number of hydrogen-bond donors (Lipinski definition) is 1. The Morgan fingerprint density at radius 2 is 1.89 bits per heavy atom. The second-order valence-corrected chi connectivity index (χ2v) is 10.3. The van der Waals surface area contributed by atoms with Gasteiger partial charge in [-0.1, -0.05) is 53.0 Å². The van der Waals surface area contributed by atoms with E-state index in [1.807, 2.05) is 48.5 Å². The van der Waals surface area contributed by atoms with Crippen molar-refractivity contribution in [2.45, 2.75) is 55.6 Å². The van der Waals surface area contributed by atoms with Crippen LogP contribution < -0.4 is 10.1 Å². The average Bonchev–Trinajstić information content (AvgIpc) is 3.54. The van der Waals surface area contributed by atoms with Gasteiger partial charge in [-0.05, 0) is 49.2 Å². The molecule has 1 aliphatic carbocycles. The summed E-state index contributed by atoms with van der Waals surface area (Å²) in [6.45, 7) is 0.589. The number of nitrogens with zero attached hydrogens (tertiary/aromatic N) is 5. The van der Waals surface area contributed by atoms with Crippen LogP contribution in [0.1, 0.15) is 49.9 Å². The Hall–Kier alpha value is -2.85. The molecule has 2 aromatic heterocycles. The molecule has 0 saturated heterocycles. The van der Waals surface area contributed by atoms with Gasteiger partial charge in [0.05, 0.1) is 19.4 Å². The zero-order valence-corrected chi connectivity index (χ0v) is 21.9. The quantitative estimate of drug-likeness (QED) is 0.234. The first kappa shape index (κ1) is 23.9. The van der Waals surface area contributed by atoms with Gasteiger partial charge in [0.2, 0.25) is 11.8 Å². The van der Waals surface area contributed by atoms with Gasteiger partial charge in [-0.3, -0.25) is 0 Å². The molecule has 1 N–H and O–H groups in total. The molecule has 182 valence electrons. The molecule has 0 radical (unpaired) electrons. The van der Waals surface area contributed by atoms with Crippen LogP contribution in [0.3, 0.4) is 0 Å². The molecular weight excluding hydrogens is 528 g/mol. The molecule has 35 heavy (non-hydrogen) atoms. The van der Waals surface area contributed by atoms with Crippen molar-refractivity contribution in [1.82, 2.24) is 25.0 Å². The minimum Gasteiger partial charge on any atom is -0.497 e. The molecule has 1 aliphatic rings. The number of hydrogen-bond acceptors (Lipinski definition) is 8. The van der Waals surface area contributed by atoms with E-state index >= 15 is 0 Å². The summed E-state index contributed by atoms with van der Waals surface area (Å²) in [6, 6.07) is 16.2. The highest BCUT2D eigenvalue weighted by atomic mass is 79.9. The summed E-state index contributed by atoms with van der Waals surface area (Å²) in [4.78, 5) is 0. The van der Waals surface area contributed by atoms with Crippen molar-refractivity contribution in [3.63, 3.8) is 0 Å². The first-order valence-corrected chi connectivity index (χ1v) is 13.5. The van der Waals surface area contributed by atoms with E-state index < -0.39 is 0 Å². The Morgan fingerprint density at radius 3 is 2.69 bits per heavy atom. The summed E-state index contributed by atoms with van der Waals surface area (Å²) in [5.74, 6) is 3.38. The van der Waals surface area contributed by atoms with Gasteiger partial charge in [0, 0.05) is 27.8 Å². The first-order chi connectivity index (χ1) is 17.2. The third kappa shape index (κ3) is 5.87. The first-order valence-electron chi connectivity index (χ1n) is 11.7. The van der Waals surface area contributed by atoms with Crippen LogP contribution in [0.5, 0.6) is 5.75 Å². The lowest BCUT2D eigenvalue weighted by molar-refractivity contribution is 0.330. The second kappa shape index (κ2) is 11.3. The molecule has 0 spiro atoms. The lowest BCUT2D eigenvalue weighted by Gasteiger charge is -2.25. The van der Waals surface area contributed by atoms with Gasteiger partial charge in [-0.2, -0.15) is 0 Å². The third-order valence-corrected chi connectivity index (χ3v) is 7.53. The van der Waals surface area contributed by atoms with Gasteiger partial charge in [0.1, 0.15) is 5.75 Å². The van der Waals surface area contributed by atoms with Crippen molar-refractivity contribution in [3.8, 4) is 17.2 Å². The van der Waals surface area contributed by atoms with Crippen LogP contribution >= 0.6 is 27.7 Å². The summed E-state index contributed by atoms with van der Waals surface area (Å²) in [7, 11) is 1.67. The third-order valence-electron chi connectivity index (χ3n) is 6.08. The van der Waals surface area contributed by atoms with Crippen LogP contribution in [0, 0.1) is 0 Å². The standard InChI is InChI=1S/C25H27BrN6O2S/c1-33-21-9-5-6-19(14-21)27-15-22-28-31-25(32(22)20-7-3-2-4-8-20)35-16-23-29-30-24(34-23)17-10-12-18(26)13-11-17/h5-6,9-14,20,27H,2-4,7-8,15-16H2,1H3. The van der Waals surface area contributed by atoms with Crippen molar-refractivity contribution in [1.29, 1.82) is 0 Å². The molecule has 0 atom stereocenters. The number of rotatable bonds is 9. The van der Waals surface area contributed by atoms with E-state index in [-0.39, 0.29) is 0 Å². The Kier molecular flexibility index (Phi) is 7.68. The summed E-state index contributed by atoms with van der Waals surface area (Å²) in [5, 5.41) is 21.9. The van der Waals surface area contributed by atoms with Crippen LogP contribution in [-0.4, -0.2) is 32.1 Å². The summed E-state index contributed by atoms with van der Waals surface area (Å²) in [6.07, 6.45) is 6.04. The molecule has 10 heteroatoms. The molecule has 0 amide bonds. The molecule has 0 aliphatic heterocycles. The Morgan fingerprint density at radius 1 is 1.06 bits per heavy atom. The van der Waals surface area contributed by atoms with Crippen molar-refractivity contribution < 1.29 is 9.15 Å². The van der Waals surface area contributed by atoms with Crippen molar-refractivity contribution in [2.75, 3.05) is 12.4 Å². The predicted octanol–water partition coefficient (Wildman–Crippen LogP) is 6.51. The predicted molar refractivity (Wildman–Crippen MR) is 139 cm³/mol. The summed E-state index contributed by atoms with van der Waals surface area (Å²) < 4.78 is 14.6. The fourth-order valence-corrected chi connectivity index (χ4v) is 5.42. The minimum absolute atomic E-state index is 0.407. The number of nitrogens with one attached hydrogen (secondary N) is 1. The molecule has 2 aromatic carbocycles. The lowest BCUT2D eigenvalue weighted by atomic mass is 9.95. The molecule has 5 rings (SSSR count). The fraction of sp³-hybridized carbons (Fsp3) is 0.360. The van der Waals surface area contributed by atoms with Crippen molar-refractivity contribution >= 4 is 33.4 Å². The number of benzene rings is 2. The molecule has 1 saturated carbocycles. The largest absolute Gasteiger partial charge is 0.497 e. The molecule has 8 nitrogen and oxygen atoms in total. The highest BCUT2D eigenvalue weighted by molar-refractivity contribution is 9.10. The van der Waals surface area contributed by atoms with Crippen molar-refractivity contribution in [3.05, 3.63) is 64.7 Å². The second-order valence-electron chi connectivity index (χ2n) is 8.44. The van der Waals surface area contributed by atoms with Gasteiger partial charge >= 0.3 is 0 Å². The van der Waals surface area contributed by atoms with E-state index in [9.17, 15) is 0 Å². The Labute approximate surface area is 217 Å². The molecule has 2 heterocycles. The maximum atomic E-state index is 5.91. The highest BCUT2D eigenvalue weighted by Crippen LogP contribution is 2.34. The zero-order chi connectivity index (χ0) is 24.0. The lowest BCUT2D eigenvalue weighted by Crippen LogP contribution is -2.18. The Balaban J connectivity index is 1.31. The fourth-order valence-electron chi connectivity index (χ4n) is 4.29. The molecule has 0 unspecified atom stereocenters. The van der Waals surface area contributed by atoms with E-state index in [4.69, 9.17) is 9.15 Å². The molecular formula is C25H27BrN6O2S. The highest BCUT2D eigenvalue weighted by Gasteiger charge is 2.23. The van der Waals surface area contributed by atoms with E-state index in [1.165, 1.54) is 19.3 Å². The number of thioether (sulfide) groups is 1. The van der Waals surface area contributed by atoms with Crippen LogP contribution in [0.4, 0.5) is 5.69 Å². The van der Waals surface area contributed by atoms with Gasteiger partial charge in [0.25, 0.3) is 0 Å². The number of halogens is 1. The van der Waals surface area contributed by atoms with E-state index in [0.29, 0.717) is 30.1 Å². The zero-order valence-electron chi connectivity index (χ0n) is 19.5. The smallest absolute Gasteiger partial charge is 0.247 e. The number of ether oxygens (including phenoxy) is 1. The van der Waals surface area contributed by atoms with Crippen LogP contribution in [0.2, 0.25) is 0 Å². The van der Waals surface area contributed by atoms with E-state index in [2.05, 4.69) is 46.2 Å². The van der Waals surface area contributed by atoms with Gasteiger partial charge in [0.15, 0.2) is 11.0 Å². The Bertz CT molecular complexity index is 1250. The van der Waals surface area contributed by atoms with Crippen LogP contribution in [0.25, 0.3) is 11.5 Å². The number of anilines is 1. The van der Waals surface area contributed by atoms with Gasteiger partial charge in [-0.25, -0.2) is 0 Å². The van der Waals surface area contributed by atoms with Crippen LogP contribution in [-0.2, 0) is 12.3 Å². The van der Waals surface area contributed by atoms with Gasteiger partial charge in [-0.15, -0.1) is 20.4 Å². The maximum Gasteiger partial charge on any atom is 0.247 e. The van der Waals surface area contributed by atoms with Crippen LogP contribution in [0.15, 0.2) is 62.6 Å². The normalized spacial score (nSPS) is 14.2.